The Kier molecular flexibility index (Phi) is 10.4. The van der Waals surface area contributed by atoms with Crippen LogP contribution >= 0.6 is 0 Å². The molecule has 0 amide bonds. The van der Waals surface area contributed by atoms with Gasteiger partial charge in [0.05, 0.1) is 17.1 Å². The Morgan fingerprint density at radius 2 is 0.880 bits per heavy atom. The Bertz CT molecular complexity index is 4190. The summed E-state index contributed by atoms with van der Waals surface area (Å²) in [7, 11) is 0. The zero-order valence-corrected chi connectivity index (χ0v) is 42.9. The molecule has 3 aliphatic carbocycles. The predicted octanol–water partition coefficient (Wildman–Crippen LogP) is 21.1. The van der Waals surface area contributed by atoms with E-state index in [1.54, 1.807) is 0 Å². The number of para-hydroxylation sites is 6. The lowest BCUT2D eigenvalue weighted by Gasteiger charge is -2.30. The molecule has 0 unspecified atom stereocenters. The Labute approximate surface area is 438 Å². The summed E-state index contributed by atoms with van der Waals surface area (Å²) in [4.78, 5) is 4.91. The highest BCUT2D eigenvalue weighted by Gasteiger charge is 2.41. The third-order valence-electron chi connectivity index (χ3n) is 17.7. The third-order valence-corrected chi connectivity index (χ3v) is 17.7. The maximum atomic E-state index is 7.30. The van der Waals surface area contributed by atoms with E-state index in [1.165, 1.54) is 136 Å². The van der Waals surface area contributed by atoms with E-state index < -0.39 is 0 Å². The van der Waals surface area contributed by atoms with Crippen molar-refractivity contribution in [3.8, 4) is 11.1 Å². The number of fused-ring (bicyclic) bond motifs is 12. The Morgan fingerprint density at radius 1 is 0.387 bits per heavy atom. The van der Waals surface area contributed by atoms with Gasteiger partial charge in [-0.05, 0) is 136 Å². The van der Waals surface area contributed by atoms with Crippen molar-refractivity contribution in [3.63, 3.8) is 0 Å². The fourth-order valence-corrected chi connectivity index (χ4v) is 14.2. The Hall–Kier alpha value is -8.08. The second kappa shape index (κ2) is 17.5. The van der Waals surface area contributed by atoms with Crippen LogP contribution in [0.25, 0.3) is 76.5 Å². The highest BCUT2D eigenvalue weighted by Crippen LogP contribution is 2.59. The second-order valence-electron chi connectivity index (χ2n) is 22.4. The average Bonchev–Trinajstić information content (AvgIpc) is 4.18. The topological polar surface area (TPSA) is 32.8 Å². The van der Waals surface area contributed by atoms with E-state index in [9.17, 15) is 0 Å². The van der Waals surface area contributed by atoms with Crippen LogP contribution in [0.2, 0.25) is 0 Å². The smallest absolute Gasteiger partial charge is 0.159 e. The first-order chi connectivity index (χ1) is 37.0. The number of hydrogen-bond acceptors (Lipinski definition) is 4. The van der Waals surface area contributed by atoms with Crippen LogP contribution in [-0.4, -0.2) is 0 Å². The van der Waals surface area contributed by atoms with Gasteiger partial charge in [0.1, 0.15) is 11.2 Å². The van der Waals surface area contributed by atoms with Crippen LogP contribution in [0.1, 0.15) is 112 Å². The van der Waals surface area contributed by atoms with Crippen LogP contribution < -0.4 is 9.80 Å². The molecule has 0 saturated heterocycles. The Balaban J connectivity index is 0.923. The van der Waals surface area contributed by atoms with Gasteiger partial charge in [-0.15, -0.1) is 0 Å². The quantitative estimate of drug-likeness (QED) is 0.152. The molecule has 12 aromatic rings. The van der Waals surface area contributed by atoms with Crippen molar-refractivity contribution in [1.29, 1.82) is 0 Å². The summed E-state index contributed by atoms with van der Waals surface area (Å²) in [5, 5.41) is 9.62. The van der Waals surface area contributed by atoms with Gasteiger partial charge in [0, 0.05) is 55.0 Å². The van der Waals surface area contributed by atoms with Crippen molar-refractivity contribution in [2.24, 2.45) is 0 Å². The van der Waals surface area contributed by atoms with Gasteiger partial charge in [-0.2, -0.15) is 0 Å². The molecule has 2 saturated carbocycles. The molecule has 2 fully saturated rings. The van der Waals surface area contributed by atoms with Crippen LogP contribution in [0.3, 0.4) is 0 Å². The van der Waals surface area contributed by atoms with Crippen LogP contribution in [0, 0.1) is 0 Å². The molecule has 0 aliphatic heterocycles. The number of nitrogens with zero attached hydrogens (tertiary/aromatic N) is 2. The molecule has 4 nitrogen and oxygen atoms in total. The van der Waals surface area contributed by atoms with E-state index in [0.717, 1.165) is 61.5 Å². The molecule has 0 spiro atoms. The highest BCUT2D eigenvalue weighted by molar-refractivity contribution is 6.17. The van der Waals surface area contributed by atoms with Crippen molar-refractivity contribution in [3.05, 3.63) is 216 Å². The monoisotopic (exact) mass is 972 g/mol. The summed E-state index contributed by atoms with van der Waals surface area (Å²) in [5.74, 6) is 1.06. The zero-order valence-electron chi connectivity index (χ0n) is 42.9. The van der Waals surface area contributed by atoms with E-state index in [1.807, 2.05) is 0 Å². The molecule has 10 aromatic carbocycles. The van der Waals surface area contributed by atoms with Crippen molar-refractivity contribution < 1.29 is 8.83 Å². The number of furan rings is 2. The van der Waals surface area contributed by atoms with Crippen LogP contribution in [0.5, 0.6) is 0 Å². The fourth-order valence-electron chi connectivity index (χ4n) is 14.2. The number of benzene rings is 10. The van der Waals surface area contributed by atoms with E-state index in [-0.39, 0.29) is 5.41 Å². The molecule has 75 heavy (non-hydrogen) atoms. The molecular formula is C71H60N2O2. The van der Waals surface area contributed by atoms with Crippen molar-refractivity contribution in [1.82, 2.24) is 0 Å². The largest absolute Gasteiger partial charge is 0.454 e. The molecular weight excluding hydrogens is 913 g/mol. The molecule has 4 heteroatoms. The molecule has 366 valence electrons. The summed E-state index contributed by atoms with van der Waals surface area (Å²) in [6.07, 6.45) is 12.7. The number of rotatable bonds is 8. The molecule has 2 aromatic heterocycles. The summed E-state index contributed by atoms with van der Waals surface area (Å²) < 4.78 is 14.5. The highest BCUT2D eigenvalue weighted by atomic mass is 16.3. The van der Waals surface area contributed by atoms with Gasteiger partial charge in [0.25, 0.3) is 0 Å². The molecule has 0 N–H and O–H groups in total. The lowest BCUT2D eigenvalue weighted by atomic mass is 9.79. The minimum Gasteiger partial charge on any atom is -0.454 e. The molecule has 0 radical (unpaired) electrons. The first-order valence-corrected chi connectivity index (χ1v) is 27.7. The zero-order chi connectivity index (χ0) is 49.8. The molecule has 2 heterocycles. The van der Waals surface area contributed by atoms with Gasteiger partial charge in [-0.1, -0.05) is 192 Å². The third kappa shape index (κ3) is 6.95. The SMILES string of the molecule is CC1(C)c2cc3ccccc3c(N(c3ccccc3)c3cccc4c3oc3c(C5CCCCC5)cccc34)c2-c2ccc3cc(N(c4ccccc4)c4cccc5c4oc4c(C6CCCCC6)cccc45)ccc3c21. The number of anilines is 6. The number of hydrogen-bond donors (Lipinski definition) is 0. The summed E-state index contributed by atoms with van der Waals surface area (Å²) in [5.41, 5.74) is 18.1. The second-order valence-corrected chi connectivity index (χ2v) is 22.4. The minimum atomic E-state index is -0.331. The fraction of sp³-hybridized carbons (Fsp3) is 0.211. The normalized spacial score (nSPS) is 15.9. The van der Waals surface area contributed by atoms with Gasteiger partial charge in [-0.25, -0.2) is 0 Å². The van der Waals surface area contributed by atoms with E-state index >= 15 is 0 Å². The standard InChI is InChI=1S/C71H60N2O2/c1-71(2)61-44-47-25-15-16-30-53(47)66(73(50-28-13-6-14-29-50)63-38-20-36-59-57-34-18-32-55(68(57)75-70(59)63)46-23-9-4-10-24-46)64(61)60-41-39-48-43-51(40-42-52(48)65(60)71)72(49-26-11-5-12-27-49)62-37-19-35-58-56-33-17-31-54(67(56)74-69(58)62)45-21-7-3-8-22-45/h5-6,11-20,25-46H,3-4,7-10,21-24H2,1-2H3. The maximum Gasteiger partial charge on any atom is 0.159 e. The van der Waals surface area contributed by atoms with Crippen LogP contribution in [-0.2, 0) is 5.41 Å². The van der Waals surface area contributed by atoms with Crippen LogP contribution in [0.4, 0.5) is 34.1 Å². The average molecular weight is 973 g/mol. The van der Waals surface area contributed by atoms with Gasteiger partial charge in [0.15, 0.2) is 11.2 Å². The van der Waals surface area contributed by atoms with Gasteiger partial charge < -0.3 is 18.6 Å². The summed E-state index contributed by atoms with van der Waals surface area (Å²) in [6, 6.07) is 72.2. The lowest BCUT2D eigenvalue weighted by molar-refractivity contribution is 0.442. The van der Waals surface area contributed by atoms with Gasteiger partial charge in [0.2, 0.25) is 0 Å². The summed E-state index contributed by atoms with van der Waals surface area (Å²) >= 11 is 0. The van der Waals surface area contributed by atoms with Crippen molar-refractivity contribution >= 4 is 99.5 Å². The van der Waals surface area contributed by atoms with Gasteiger partial charge >= 0.3 is 0 Å². The van der Waals surface area contributed by atoms with E-state index in [2.05, 4.69) is 218 Å². The van der Waals surface area contributed by atoms with Crippen molar-refractivity contribution in [2.45, 2.75) is 95.3 Å². The molecule has 15 rings (SSSR count). The van der Waals surface area contributed by atoms with E-state index in [4.69, 9.17) is 8.83 Å². The maximum absolute atomic E-state index is 7.30. The molecule has 3 aliphatic rings. The van der Waals surface area contributed by atoms with Gasteiger partial charge in [-0.3, -0.25) is 0 Å². The predicted molar refractivity (Wildman–Crippen MR) is 315 cm³/mol. The first kappa shape index (κ1) is 44.4. The van der Waals surface area contributed by atoms with Crippen LogP contribution in [0.15, 0.2) is 203 Å². The lowest BCUT2D eigenvalue weighted by Crippen LogP contribution is -2.17. The van der Waals surface area contributed by atoms with E-state index in [0.29, 0.717) is 11.8 Å². The molecule has 0 atom stereocenters. The minimum absolute atomic E-state index is 0.331. The van der Waals surface area contributed by atoms with Crippen molar-refractivity contribution in [2.75, 3.05) is 9.80 Å². The molecule has 0 bridgehead atoms. The Morgan fingerprint density at radius 3 is 1.48 bits per heavy atom. The first-order valence-electron chi connectivity index (χ1n) is 27.7. The summed E-state index contributed by atoms with van der Waals surface area (Å²) in [6.45, 7) is 4.87.